The number of halogens is 1. The van der Waals surface area contributed by atoms with Crippen molar-refractivity contribution in [2.24, 2.45) is 5.73 Å². The third-order valence-corrected chi connectivity index (χ3v) is 4.60. The van der Waals surface area contributed by atoms with E-state index in [1.165, 1.54) is 0 Å². The summed E-state index contributed by atoms with van der Waals surface area (Å²) < 4.78 is 7.04. The SMILES string of the molecule is COc1ccccc1NC(=O)Nc1ccnn1C1CCN(C(=O)CN)CC1.Cl. The number of carbonyl (C=O) groups is 2. The fraction of sp³-hybridized carbons (Fsp3) is 0.389. The van der Waals surface area contributed by atoms with Crippen molar-refractivity contribution in [2.45, 2.75) is 18.9 Å². The minimum Gasteiger partial charge on any atom is -0.495 e. The molecule has 1 saturated heterocycles. The van der Waals surface area contributed by atoms with Crippen LogP contribution in [0.2, 0.25) is 0 Å². The van der Waals surface area contributed by atoms with E-state index in [-0.39, 0.29) is 36.9 Å². The molecule has 1 aliphatic heterocycles. The van der Waals surface area contributed by atoms with E-state index < -0.39 is 0 Å². The number of nitrogens with one attached hydrogen (secondary N) is 2. The highest BCUT2D eigenvalue weighted by Crippen LogP contribution is 2.26. The van der Waals surface area contributed by atoms with Gasteiger partial charge in [0.15, 0.2) is 0 Å². The molecule has 9 nitrogen and oxygen atoms in total. The monoisotopic (exact) mass is 408 g/mol. The van der Waals surface area contributed by atoms with E-state index in [0.717, 1.165) is 12.8 Å². The van der Waals surface area contributed by atoms with Crippen LogP contribution in [0.25, 0.3) is 0 Å². The van der Waals surface area contributed by atoms with Crippen molar-refractivity contribution in [1.29, 1.82) is 0 Å². The van der Waals surface area contributed by atoms with Gasteiger partial charge in [-0.3, -0.25) is 10.1 Å². The van der Waals surface area contributed by atoms with Crippen LogP contribution in [0, 0.1) is 0 Å². The van der Waals surface area contributed by atoms with E-state index in [1.54, 1.807) is 41.1 Å². The van der Waals surface area contributed by atoms with Crippen molar-refractivity contribution in [2.75, 3.05) is 37.4 Å². The average molecular weight is 409 g/mol. The highest BCUT2D eigenvalue weighted by Gasteiger charge is 2.25. The first-order valence-corrected chi connectivity index (χ1v) is 8.84. The molecule has 0 atom stereocenters. The molecular weight excluding hydrogens is 384 g/mol. The number of carbonyl (C=O) groups excluding carboxylic acids is 2. The Kier molecular flexibility index (Phi) is 7.65. The molecule has 0 radical (unpaired) electrons. The first kappa shape index (κ1) is 21.5. The lowest BCUT2D eigenvalue weighted by molar-refractivity contribution is -0.130. The molecule has 2 aromatic rings. The Morgan fingerprint density at radius 1 is 1.21 bits per heavy atom. The highest BCUT2D eigenvalue weighted by molar-refractivity contribution is 6.00. The van der Waals surface area contributed by atoms with Crippen LogP contribution >= 0.6 is 12.4 Å². The Morgan fingerprint density at radius 2 is 1.93 bits per heavy atom. The van der Waals surface area contributed by atoms with Crippen molar-refractivity contribution >= 4 is 35.9 Å². The van der Waals surface area contributed by atoms with E-state index in [1.807, 2.05) is 12.1 Å². The standard InChI is InChI=1S/C18H24N6O3.ClH/c1-27-15-5-3-2-4-14(15)21-18(26)22-16-6-9-20-24(16)13-7-10-23(11-8-13)17(25)12-19;/h2-6,9,13H,7-8,10-12,19H2,1H3,(H2,21,22,26);1H. The van der Waals surface area contributed by atoms with Gasteiger partial charge in [0, 0.05) is 19.2 Å². The predicted octanol–water partition coefficient (Wildman–Crippen LogP) is 2.08. The van der Waals surface area contributed by atoms with Crippen molar-refractivity contribution in [1.82, 2.24) is 14.7 Å². The highest BCUT2D eigenvalue weighted by atomic mass is 35.5. The van der Waals surface area contributed by atoms with Crippen molar-refractivity contribution in [3.8, 4) is 5.75 Å². The molecule has 0 spiro atoms. The first-order chi connectivity index (χ1) is 13.1. The van der Waals surface area contributed by atoms with Gasteiger partial charge in [0.1, 0.15) is 11.6 Å². The van der Waals surface area contributed by atoms with Gasteiger partial charge in [-0.15, -0.1) is 12.4 Å². The average Bonchev–Trinajstić information content (AvgIpc) is 3.15. The lowest BCUT2D eigenvalue weighted by atomic mass is 10.1. The summed E-state index contributed by atoms with van der Waals surface area (Å²) in [5, 5.41) is 9.95. The fourth-order valence-corrected chi connectivity index (χ4v) is 3.21. The first-order valence-electron chi connectivity index (χ1n) is 8.84. The molecule has 10 heteroatoms. The number of para-hydroxylation sites is 2. The Hall–Kier alpha value is -2.78. The number of urea groups is 1. The molecule has 152 valence electrons. The largest absolute Gasteiger partial charge is 0.495 e. The Balaban J connectivity index is 0.00000280. The van der Waals surface area contributed by atoms with Crippen LogP contribution in [0.3, 0.4) is 0 Å². The maximum atomic E-state index is 12.4. The molecule has 4 N–H and O–H groups in total. The molecule has 1 aliphatic rings. The maximum absolute atomic E-state index is 12.4. The lowest BCUT2D eigenvalue weighted by Gasteiger charge is -2.32. The number of benzene rings is 1. The third-order valence-electron chi connectivity index (χ3n) is 4.60. The molecule has 0 bridgehead atoms. The van der Waals surface area contributed by atoms with E-state index in [0.29, 0.717) is 30.3 Å². The molecule has 28 heavy (non-hydrogen) atoms. The van der Waals surface area contributed by atoms with Crippen LogP contribution in [0.1, 0.15) is 18.9 Å². The number of aromatic nitrogens is 2. The Bertz CT molecular complexity index is 804. The van der Waals surface area contributed by atoms with E-state index in [4.69, 9.17) is 10.5 Å². The molecular formula is C18H25ClN6O3. The second kappa shape index (κ2) is 9.95. The van der Waals surface area contributed by atoms with E-state index in [9.17, 15) is 9.59 Å². The summed E-state index contributed by atoms with van der Waals surface area (Å²) in [5.74, 6) is 1.15. The van der Waals surface area contributed by atoms with Crippen LogP contribution in [0.5, 0.6) is 5.75 Å². The van der Waals surface area contributed by atoms with Gasteiger partial charge in [0.2, 0.25) is 5.91 Å². The van der Waals surface area contributed by atoms with Crippen LogP contribution in [-0.4, -0.2) is 53.4 Å². The molecule has 3 amide bonds. The van der Waals surface area contributed by atoms with Crippen molar-refractivity contribution in [3.05, 3.63) is 36.5 Å². The summed E-state index contributed by atoms with van der Waals surface area (Å²) in [4.78, 5) is 25.8. The summed E-state index contributed by atoms with van der Waals surface area (Å²) in [6.07, 6.45) is 3.17. The minimum absolute atomic E-state index is 0. The number of piperidine rings is 1. The van der Waals surface area contributed by atoms with Gasteiger partial charge in [-0.05, 0) is 25.0 Å². The summed E-state index contributed by atoms with van der Waals surface area (Å²) in [7, 11) is 1.55. The molecule has 0 unspecified atom stereocenters. The smallest absolute Gasteiger partial charge is 0.324 e. The molecule has 1 aromatic heterocycles. The van der Waals surface area contributed by atoms with Crippen molar-refractivity contribution in [3.63, 3.8) is 0 Å². The number of hydrogen-bond acceptors (Lipinski definition) is 5. The Morgan fingerprint density at radius 3 is 2.61 bits per heavy atom. The Labute approximate surface area is 169 Å². The second-order valence-electron chi connectivity index (χ2n) is 6.26. The van der Waals surface area contributed by atoms with Crippen molar-refractivity contribution < 1.29 is 14.3 Å². The number of hydrogen-bond donors (Lipinski definition) is 3. The molecule has 0 saturated carbocycles. The third kappa shape index (κ3) is 4.93. The number of amides is 3. The number of methoxy groups -OCH3 is 1. The zero-order chi connectivity index (χ0) is 19.2. The van der Waals surface area contributed by atoms with E-state index >= 15 is 0 Å². The van der Waals surface area contributed by atoms with Gasteiger partial charge >= 0.3 is 6.03 Å². The van der Waals surface area contributed by atoms with Gasteiger partial charge < -0.3 is 20.7 Å². The zero-order valence-corrected chi connectivity index (χ0v) is 16.4. The van der Waals surface area contributed by atoms with E-state index in [2.05, 4.69) is 15.7 Å². The van der Waals surface area contributed by atoms with Crippen LogP contribution in [0.15, 0.2) is 36.5 Å². The summed E-state index contributed by atoms with van der Waals surface area (Å²) in [5.41, 5.74) is 6.00. The summed E-state index contributed by atoms with van der Waals surface area (Å²) in [6, 6.07) is 8.67. The zero-order valence-electron chi connectivity index (χ0n) is 15.6. The number of ether oxygens (including phenoxy) is 1. The number of rotatable bonds is 5. The molecule has 0 aliphatic carbocycles. The van der Waals surface area contributed by atoms with Gasteiger partial charge in [0.05, 0.1) is 31.6 Å². The van der Waals surface area contributed by atoms with Gasteiger partial charge in [-0.2, -0.15) is 5.10 Å². The molecule has 1 aromatic carbocycles. The number of likely N-dealkylation sites (tertiary alicyclic amines) is 1. The molecule has 3 rings (SSSR count). The van der Waals surface area contributed by atoms with Crippen LogP contribution in [0.4, 0.5) is 16.3 Å². The quantitative estimate of drug-likeness (QED) is 0.700. The summed E-state index contributed by atoms with van der Waals surface area (Å²) in [6.45, 7) is 1.29. The van der Waals surface area contributed by atoms with Crippen LogP contribution < -0.4 is 21.1 Å². The normalized spacial score (nSPS) is 14.1. The molecule has 2 heterocycles. The maximum Gasteiger partial charge on any atom is 0.324 e. The lowest BCUT2D eigenvalue weighted by Crippen LogP contribution is -2.42. The topological polar surface area (TPSA) is 115 Å². The minimum atomic E-state index is -0.378. The second-order valence-corrected chi connectivity index (χ2v) is 6.26. The number of anilines is 2. The van der Waals surface area contributed by atoms with Gasteiger partial charge in [0.25, 0.3) is 0 Å². The van der Waals surface area contributed by atoms with Gasteiger partial charge in [-0.1, -0.05) is 12.1 Å². The van der Waals surface area contributed by atoms with Gasteiger partial charge in [-0.25, -0.2) is 9.48 Å². The fourth-order valence-electron chi connectivity index (χ4n) is 3.21. The van der Waals surface area contributed by atoms with Crippen LogP contribution in [-0.2, 0) is 4.79 Å². The number of nitrogens with two attached hydrogens (primary N) is 1. The predicted molar refractivity (Wildman–Crippen MR) is 109 cm³/mol. The molecule has 1 fully saturated rings. The number of nitrogens with zero attached hydrogens (tertiary/aromatic N) is 3. The summed E-state index contributed by atoms with van der Waals surface area (Å²) >= 11 is 0.